The van der Waals surface area contributed by atoms with Crippen LogP contribution in [-0.2, 0) is 4.74 Å². The van der Waals surface area contributed by atoms with E-state index >= 15 is 0 Å². The molecule has 0 aliphatic rings. The molecule has 0 spiro atoms. The first-order valence-electron chi connectivity index (χ1n) is 3.44. The summed E-state index contributed by atoms with van der Waals surface area (Å²) in [5.74, 6) is 0.412. The van der Waals surface area contributed by atoms with Gasteiger partial charge in [-0.3, -0.25) is 0 Å². The number of aliphatic hydroxyl groups excluding tert-OH is 1. The van der Waals surface area contributed by atoms with E-state index < -0.39 is 0 Å². The van der Waals surface area contributed by atoms with Gasteiger partial charge in [-0.2, -0.15) is 0 Å². The van der Waals surface area contributed by atoms with Crippen molar-refractivity contribution < 1.29 is 9.84 Å². The molecule has 2 heteroatoms. The highest BCUT2D eigenvalue weighted by Gasteiger charge is 2.10. The number of hydrogen-bond acceptors (Lipinski definition) is 2. The molecule has 0 fully saturated rings. The van der Waals surface area contributed by atoms with Crippen LogP contribution < -0.4 is 0 Å². The normalized spacial score (nSPS) is 14.3. The largest absolute Gasteiger partial charge is 0.394 e. The van der Waals surface area contributed by atoms with Gasteiger partial charge in [-0.15, -0.1) is 0 Å². The molecule has 0 saturated carbocycles. The molecular formula is C7H16O2. The van der Waals surface area contributed by atoms with Crippen molar-refractivity contribution in [2.45, 2.75) is 26.9 Å². The van der Waals surface area contributed by atoms with Crippen molar-refractivity contribution in [2.75, 3.05) is 13.2 Å². The Morgan fingerprint density at radius 3 is 2.11 bits per heavy atom. The van der Waals surface area contributed by atoms with Crippen LogP contribution in [0.4, 0.5) is 0 Å². The molecule has 0 aliphatic carbocycles. The summed E-state index contributed by atoms with van der Waals surface area (Å²) in [4.78, 5) is 0. The van der Waals surface area contributed by atoms with Gasteiger partial charge in [0, 0.05) is 6.61 Å². The van der Waals surface area contributed by atoms with E-state index in [0.29, 0.717) is 12.5 Å². The third kappa shape index (κ3) is 3.49. The highest BCUT2D eigenvalue weighted by atomic mass is 16.5. The Hall–Kier alpha value is -0.0800. The first-order valence-corrected chi connectivity index (χ1v) is 3.44. The van der Waals surface area contributed by atoms with Crippen molar-refractivity contribution in [3.05, 3.63) is 0 Å². The summed E-state index contributed by atoms with van der Waals surface area (Å²) in [6, 6.07) is 0. The van der Waals surface area contributed by atoms with Crippen LogP contribution >= 0.6 is 0 Å². The fraction of sp³-hybridized carbons (Fsp3) is 1.00. The summed E-state index contributed by atoms with van der Waals surface area (Å²) in [5.41, 5.74) is 0. The minimum atomic E-state index is 0.0231. The van der Waals surface area contributed by atoms with Crippen LogP contribution in [0.5, 0.6) is 0 Å². The molecule has 0 aromatic carbocycles. The third-order valence-electron chi connectivity index (χ3n) is 1.30. The molecule has 2 nitrogen and oxygen atoms in total. The van der Waals surface area contributed by atoms with E-state index in [0.717, 1.165) is 0 Å². The second-order valence-electron chi connectivity index (χ2n) is 2.42. The Kier molecular flexibility index (Phi) is 4.72. The summed E-state index contributed by atoms with van der Waals surface area (Å²) < 4.78 is 5.20. The van der Waals surface area contributed by atoms with Gasteiger partial charge in [0.1, 0.15) is 0 Å². The highest BCUT2D eigenvalue weighted by Crippen LogP contribution is 2.04. The molecule has 9 heavy (non-hydrogen) atoms. The lowest BCUT2D eigenvalue weighted by Gasteiger charge is -2.17. The standard InChI is InChI=1S/C7H16O2/c1-4-9-7(5-8)6(2)3/h6-8H,4-5H2,1-3H3/t7-/m1/s1. The predicted molar refractivity (Wildman–Crippen MR) is 37.3 cm³/mol. The van der Waals surface area contributed by atoms with Crippen molar-refractivity contribution >= 4 is 0 Å². The lowest BCUT2D eigenvalue weighted by molar-refractivity contribution is -0.00792. The first kappa shape index (κ1) is 8.92. The van der Waals surface area contributed by atoms with Gasteiger partial charge >= 0.3 is 0 Å². The Morgan fingerprint density at radius 1 is 1.44 bits per heavy atom. The maximum absolute atomic E-state index is 8.70. The molecule has 0 radical (unpaired) electrons. The van der Waals surface area contributed by atoms with E-state index in [4.69, 9.17) is 9.84 Å². The van der Waals surface area contributed by atoms with Crippen LogP contribution in [0.1, 0.15) is 20.8 Å². The number of rotatable bonds is 4. The fourth-order valence-electron chi connectivity index (χ4n) is 0.670. The van der Waals surface area contributed by atoms with Gasteiger partial charge in [-0.25, -0.2) is 0 Å². The van der Waals surface area contributed by atoms with Crippen molar-refractivity contribution in [1.82, 2.24) is 0 Å². The minimum absolute atomic E-state index is 0.0231. The zero-order valence-electron chi connectivity index (χ0n) is 6.42. The second-order valence-corrected chi connectivity index (χ2v) is 2.42. The van der Waals surface area contributed by atoms with Gasteiger partial charge < -0.3 is 9.84 Å². The zero-order valence-corrected chi connectivity index (χ0v) is 6.42. The Labute approximate surface area is 56.8 Å². The van der Waals surface area contributed by atoms with Crippen molar-refractivity contribution in [3.63, 3.8) is 0 Å². The predicted octanol–water partition coefficient (Wildman–Crippen LogP) is 1.04. The summed E-state index contributed by atoms with van der Waals surface area (Å²) >= 11 is 0. The third-order valence-corrected chi connectivity index (χ3v) is 1.30. The molecule has 1 atom stereocenters. The Morgan fingerprint density at radius 2 is 2.00 bits per heavy atom. The first-order chi connectivity index (χ1) is 4.22. The number of aliphatic hydroxyl groups is 1. The van der Waals surface area contributed by atoms with Gasteiger partial charge in [0.2, 0.25) is 0 Å². The zero-order chi connectivity index (χ0) is 7.28. The summed E-state index contributed by atoms with van der Waals surface area (Å²) in [5, 5.41) is 8.70. The quantitative estimate of drug-likeness (QED) is 0.619. The van der Waals surface area contributed by atoms with Crippen LogP contribution in [0, 0.1) is 5.92 Å². The van der Waals surface area contributed by atoms with E-state index in [2.05, 4.69) is 0 Å². The van der Waals surface area contributed by atoms with Crippen LogP contribution in [-0.4, -0.2) is 24.4 Å². The molecule has 0 rings (SSSR count). The lowest BCUT2D eigenvalue weighted by atomic mass is 10.1. The minimum Gasteiger partial charge on any atom is -0.394 e. The van der Waals surface area contributed by atoms with E-state index in [-0.39, 0.29) is 12.7 Å². The maximum atomic E-state index is 8.70. The molecule has 0 heterocycles. The molecule has 0 amide bonds. The van der Waals surface area contributed by atoms with Crippen molar-refractivity contribution in [1.29, 1.82) is 0 Å². The molecular weight excluding hydrogens is 116 g/mol. The molecule has 56 valence electrons. The SMILES string of the molecule is CCO[C@H](CO)C(C)C. The number of ether oxygens (including phenoxy) is 1. The number of hydrogen-bond donors (Lipinski definition) is 1. The molecule has 0 unspecified atom stereocenters. The summed E-state index contributed by atoms with van der Waals surface area (Å²) in [6.07, 6.45) is 0.0231. The average molecular weight is 132 g/mol. The summed E-state index contributed by atoms with van der Waals surface area (Å²) in [7, 11) is 0. The van der Waals surface area contributed by atoms with Crippen LogP contribution in [0.15, 0.2) is 0 Å². The fourth-order valence-corrected chi connectivity index (χ4v) is 0.670. The highest BCUT2D eigenvalue weighted by molar-refractivity contribution is 4.58. The second kappa shape index (κ2) is 4.77. The van der Waals surface area contributed by atoms with Crippen molar-refractivity contribution in [2.24, 2.45) is 5.92 Å². The lowest BCUT2D eigenvalue weighted by Crippen LogP contribution is -2.23. The van der Waals surface area contributed by atoms with E-state index in [9.17, 15) is 0 Å². The van der Waals surface area contributed by atoms with Gasteiger partial charge in [-0.05, 0) is 12.8 Å². The van der Waals surface area contributed by atoms with Gasteiger partial charge in [0.05, 0.1) is 12.7 Å². The topological polar surface area (TPSA) is 29.5 Å². The van der Waals surface area contributed by atoms with Crippen LogP contribution in [0.3, 0.4) is 0 Å². The van der Waals surface area contributed by atoms with Gasteiger partial charge in [0.25, 0.3) is 0 Å². The molecule has 0 aromatic rings. The average Bonchev–Trinajstić information content (AvgIpc) is 1.82. The molecule has 0 saturated heterocycles. The Balaban J connectivity index is 3.41. The van der Waals surface area contributed by atoms with E-state index in [1.807, 2.05) is 20.8 Å². The smallest absolute Gasteiger partial charge is 0.0828 e. The monoisotopic (exact) mass is 132 g/mol. The molecule has 0 aromatic heterocycles. The summed E-state index contributed by atoms with van der Waals surface area (Å²) in [6.45, 7) is 6.83. The van der Waals surface area contributed by atoms with E-state index in [1.54, 1.807) is 0 Å². The molecule has 1 N–H and O–H groups in total. The van der Waals surface area contributed by atoms with Crippen LogP contribution in [0.2, 0.25) is 0 Å². The molecule has 0 aliphatic heterocycles. The van der Waals surface area contributed by atoms with Gasteiger partial charge in [0.15, 0.2) is 0 Å². The maximum Gasteiger partial charge on any atom is 0.0828 e. The molecule has 0 bridgehead atoms. The van der Waals surface area contributed by atoms with E-state index in [1.165, 1.54) is 0 Å². The van der Waals surface area contributed by atoms with Crippen LogP contribution in [0.25, 0.3) is 0 Å². The Bertz CT molecular complexity index is 61.9. The van der Waals surface area contributed by atoms with Crippen molar-refractivity contribution in [3.8, 4) is 0 Å². The van der Waals surface area contributed by atoms with Gasteiger partial charge in [-0.1, -0.05) is 13.8 Å².